The summed E-state index contributed by atoms with van der Waals surface area (Å²) in [7, 11) is -3.69. The quantitative estimate of drug-likeness (QED) is 0.868. The number of halogens is 2. The monoisotopic (exact) mass is 353 g/mol. The Labute approximate surface area is 117 Å². The summed E-state index contributed by atoms with van der Waals surface area (Å²) in [5.74, 6) is -1.27. The van der Waals surface area contributed by atoms with E-state index in [1.807, 2.05) is 0 Å². The lowest BCUT2D eigenvalue weighted by Crippen LogP contribution is -2.26. The molecule has 0 bridgehead atoms. The predicted octanol–water partition coefficient (Wildman–Crippen LogP) is 2.24. The van der Waals surface area contributed by atoms with Crippen molar-refractivity contribution in [2.24, 2.45) is 0 Å². The molecule has 0 atom stereocenters. The van der Waals surface area contributed by atoms with Crippen molar-refractivity contribution in [1.29, 1.82) is 0 Å². The molecule has 1 aliphatic rings. The summed E-state index contributed by atoms with van der Waals surface area (Å²) in [4.78, 5) is 10.9. The molecule has 1 aliphatic carbocycles. The number of carboxylic acids is 1. The second-order valence-electron chi connectivity index (χ2n) is 3.97. The van der Waals surface area contributed by atoms with Gasteiger partial charge in [0.15, 0.2) is 0 Å². The van der Waals surface area contributed by atoms with Crippen LogP contribution in [0.2, 0.25) is 5.02 Å². The van der Waals surface area contributed by atoms with Gasteiger partial charge < -0.3 is 5.11 Å². The van der Waals surface area contributed by atoms with Crippen LogP contribution in [0, 0.1) is 0 Å². The Hall–Kier alpha value is -0.630. The third kappa shape index (κ3) is 2.85. The molecule has 1 fully saturated rings. The smallest absolute Gasteiger partial charge is 0.337 e. The molecule has 1 aromatic rings. The van der Waals surface area contributed by atoms with Gasteiger partial charge in [0.05, 0.1) is 15.5 Å². The van der Waals surface area contributed by atoms with Gasteiger partial charge in [-0.15, -0.1) is 0 Å². The van der Waals surface area contributed by atoms with Gasteiger partial charge in [0, 0.05) is 10.5 Å². The molecule has 2 rings (SSSR count). The normalized spacial score (nSPS) is 15.7. The fourth-order valence-electron chi connectivity index (χ4n) is 1.36. The fourth-order valence-corrected chi connectivity index (χ4v) is 3.52. The van der Waals surface area contributed by atoms with Crippen molar-refractivity contribution >= 4 is 43.5 Å². The van der Waals surface area contributed by atoms with Crippen molar-refractivity contribution in [2.45, 2.75) is 23.8 Å². The lowest BCUT2D eigenvalue weighted by molar-refractivity contribution is 0.0696. The summed E-state index contributed by atoms with van der Waals surface area (Å²) < 4.78 is 26.6. The Morgan fingerprint density at radius 3 is 2.56 bits per heavy atom. The highest BCUT2D eigenvalue weighted by atomic mass is 79.9. The maximum absolute atomic E-state index is 12.0. The highest BCUT2D eigenvalue weighted by Crippen LogP contribution is 2.31. The summed E-state index contributed by atoms with van der Waals surface area (Å²) in [6.45, 7) is 0. The first-order valence-corrected chi connectivity index (χ1v) is 7.71. The van der Waals surface area contributed by atoms with Crippen LogP contribution in [0.3, 0.4) is 0 Å². The molecule has 1 aromatic carbocycles. The predicted molar refractivity (Wildman–Crippen MR) is 69.5 cm³/mol. The molecule has 0 amide bonds. The van der Waals surface area contributed by atoms with Crippen LogP contribution in [0.15, 0.2) is 21.5 Å². The van der Waals surface area contributed by atoms with Gasteiger partial charge in [-0.1, -0.05) is 11.6 Å². The summed E-state index contributed by atoms with van der Waals surface area (Å²) in [6.07, 6.45) is 1.61. The molecular weight excluding hydrogens is 346 g/mol. The molecule has 0 radical (unpaired) electrons. The highest BCUT2D eigenvalue weighted by molar-refractivity contribution is 9.10. The molecule has 2 N–H and O–H groups in total. The first-order chi connectivity index (χ1) is 8.31. The summed E-state index contributed by atoms with van der Waals surface area (Å²) in [6, 6.07) is 2.30. The number of hydrogen-bond acceptors (Lipinski definition) is 3. The summed E-state index contributed by atoms with van der Waals surface area (Å²) in [5, 5.41) is 8.93. The van der Waals surface area contributed by atoms with E-state index in [1.54, 1.807) is 0 Å². The zero-order chi connectivity index (χ0) is 13.5. The number of carbonyl (C=O) groups is 1. The van der Waals surface area contributed by atoms with Gasteiger partial charge in [-0.3, -0.25) is 0 Å². The van der Waals surface area contributed by atoms with Crippen molar-refractivity contribution in [3.8, 4) is 0 Å². The van der Waals surface area contributed by atoms with E-state index >= 15 is 0 Å². The van der Waals surface area contributed by atoms with E-state index < -0.39 is 16.0 Å². The van der Waals surface area contributed by atoms with E-state index in [0.29, 0.717) is 0 Å². The maximum atomic E-state index is 12.0. The minimum Gasteiger partial charge on any atom is -0.478 e. The fraction of sp³-hybridized carbons (Fsp3) is 0.300. The van der Waals surface area contributed by atoms with Crippen molar-refractivity contribution < 1.29 is 18.3 Å². The van der Waals surface area contributed by atoms with Crippen LogP contribution in [0.1, 0.15) is 23.2 Å². The van der Waals surface area contributed by atoms with Gasteiger partial charge in [0.1, 0.15) is 0 Å². The van der Waals surface area contributed by atoms with Gasteiger partial charge in [0.2, 0.25) is 10.0 Å². The minimum atomic E-state index is -3.69. The van der Waals surface area contributed by atoms with E-state index in [2.05, 4.69) is 20.7 Å². The number of rotatable bonds is 4. The molecule has 98 valence electrons. The number of benzene rings is 1. The molecule has 8 heteroatoms. The van der Waals surface area contributed by atoms with Gasteiger partial charge in [0.25, 0.3) is 0 Å². The van der Waals surface area contributed by atoms with E-state index in [0.717, 1.165) is 18.9 Å². The number of sulfonamides is 1. The first kappa shape index (κ1) is 13.8. The molecule has 18 heavy (non-hydrogen) atoms. The third-order valence-electron chi connectivity index (χ3n) is 2.44. The standard InChI is InChI=1S/C10H9BrClNO4S/c11-8-4-6(3-7(9(8)12)10(14)15)18(16,17)13-5-1-2-5/h3-5,13H,1-2H2,(H,14,15). The van der Waals surface area contributed by atoms with E-state index in [4.69, 9.17) is 16.7 Å². The maximum Gasteiger partial charge on any atom is 0.337 e. The average Bonchev–Trinajstić information content (AvgIpc) is 3.04. The molecule has 0 unspecified atom stereocenters. The second-order valence-corrected chi connectivity index (χ2v) is 6.91. The zero-order valence-electron chi connectivity index (χ0n) is 8.98. The second kappa shape index (κ2) is 4.80. The Morgan fingerprint density at radius 2 is 2.06 bits per heavy atom. The Kier molecular flexibility index (Phi) is 3.68. The largest absolute Gasteiger partial charge is 0.478 e. The number of aromatic carboxylic acids is 1. The average molecular weight is 355 g/mol. The van der Waals surface area contributed by atoms with Crippen LogP contribution in [0.4, 0.5) is 0 Å². The van der Waals surface area contributed by atoms with Crippen molar-refractivity contribution in [1.82, 2.24) is 4.72 Å². The van der Waals surface area contributed by atoms with E-state index in [1.165, 1.54) is 6.07 Å². The Morgan fingerprint density at radius 1 is 1.44 bits per heavy atom. The van der Waals surface area contributed by atoms with Crippen LogP contribution < -0.4 is 4.72 Å². The molecule has 0 heterocycles. The van der Waals surface area contributed by atoms with Crippen molar-refractivity contribution in [2.75, 3.05) is 0 Å². The zero-order valence-corrected chi connectivity index (χ0v) is 12.1. The lowest BCUT2D eigenvalue weighted by Gasteiger charge is -2.08. The number of hydrogen-bond donors (Lipinski definition) is 2. The van der Waals surface area contributed by atoms with Crippen molar-refractivity contribution in [3.05, 3.63) is 27.2 Å². The van der Waals surface area contributed by atoms with Gasteiger partial charge in [-0.25, -0.2) is 17.9 Å². The van der Waals surface area contributed by atoms with E-state index in [9.17, 15) is 13.2 Å². The van der Waals surface area contributed by atoms with E-state index in [-0.39, 0.29) is 26.0 Å². The minimum absolute atomic E-state index is 0.0205. The van der Waals surface area contributed by atoms with Gasteiger partial charge >= 0.3 is 5.97 Å². The summed E-state index contributed by atoms with van der Waals surface area (Å²) >= 11 is 8.84. The van der Waals surface area contributed by atoms with Crippen LogP contribution in [-0.4, -0.2) is 25.5 Å². The molecule has 5 nitrogen and oxygen atoms in total. The number of carboxylic acid groups (broad SMARTS) is 1. The number of nitrogens with one attached hydrogen (secondary N) is 1. The van der Waals surface area contributed by atoms with Gasteiger partial charge in [-0.05, 0) is 40.9 Å². The first-order valence-electron chi connectivity index (χ1n) is 5.06. The third-order valence-corrected chi connectivity index (χ3v) is 5.20. The van der Waals surface area contributed by atoms with Crippen LogP contribution >= 0.6 is 27.5 Å². The Balaban J connectivity index is 2.48. The molecule has 0 saturated heterocycles. The molecule has 0 aliphatic heterocycles. The lowest BCUT2D eigenvalue weighted by atomic mass is 10.2. The van der Waals surface area contributed by atoms with Gasteiger partial charge in [-0.2, -0.15) is 0 Å². The topological polar surface area (TPSA) is 83.5 Å². The van der Waals surface area contributed by atoms with Crippen LogP contribution in [0.25, 0.3) is 0 Å². The van der Waals surface area contributed by atoms with Crippen LogP contribution in [0.5, 0.6) is 0 Å². The SMILES string of the molecule is O=C(O)c1cc(S(=O)(=O)NC2CC2)cc(Br)c1Cl. The molecular formula is C10H9BrClNO4S. The summed E-state index contributed by atoms with van der Waals surface area (Å²) in [5.41, 5.74) is -0.248. The molecule has 1 saturated carbocycles. The highest BCUT2D eigenvalue weighted by Gasteiger charge is 2.29. The molecule has 0 aromatic heterocycles. The Bertz CT molecular complexity index is 613. The van der Waals surface area contributed by atoms with Crippen molar-refractivity contribution in [3.63, 3.8) is 0 Å². The van der Waals surface area contributed by atoms with Crippen LogP contribution in [-0.2, 0) is 10.0 Å². The molecule has 0 spiro atoms.